The first-order chi connectivity index (χ1) is 11.5. The van der Waals surface area contributed by atoms with Gasteiger partial charge in [-0.05, 0) is 35.9 Å². The average molecular weight is 327 g/mol. The van der Waals surface area contributed by atoms with Crippen molar-refractivity contribution in [3.63, 3.8) is 0 Å². The van der Waals surface area contributed by atoms with Crippen LogP contribution in [0, 0.1) is 5.82 Å². The second-order valence-corrected chi connectivity index (χ2v) is 5.31. The molecule has 0 atom stereocenters. The van der Waals surface area contributed by atoms with E-state index in [1.54, 1.807) is 18.2 Å². The van der Waals surface area contributed by atoms with Gasteiger partial charge in [-0.2, -0.15) is 0 Å². The minimum Gasteiger partial charge on any atom is -0.495 e. The largest absolute Gasteiger partial charge is 0.495 e. The number of hydrogen-bond donors (Lipinski definition) is 1. The van der Waals surface area contributed by atoms with Gasteiger partial charge in [-0.25, -0.2) is 9.18 Å². The van der Waals surface area contributed by atoms with Gasteiger partial charge >= 0.3 is 5.97 Å². The van der Waals surface area contributed by atoms with Crippen molar-refractivity contribution in [1.82, 2.24) is 4.57 Å². The van der Waals surface area contributed by atoms with Gasteiger partial charge in [0.05, 0.1) is 24.7 Å². The average Bonchev–Trinajstić information content (AvgIpc) is 2.56. The maximum atomic E-state index is 13.4. The summed E-state index contributed by atoms with van der Waals surface area (Å²) in [7, 11) is 1.41. The number of rotatable bonds is 4. The van der Waals surface area contributed by atoms with Crippen LogP contribution in [0.4, 0.5) is 4.39 Å². The van der Waals surface area contributed by atoms with E-state index in [-0.39, 0.29) is 29.2 Å². The predicted molar refractivity (Wildman–Crippen MR) is 87.2 cm³/mol. The Morgan fingerprint density at radius 1 is 1.21 bits per heavy atom. The number of benzene rings is 2. The molecule has 0 bridgehead atoms. The second kappa shape index (κ2) is 6.16. The molecule has 0 fully saturated rings. The zero-order valence-electron chi connectivity index (χ0n) is 12.8. The van der Waals surface area contributed by atoms with Crippen LogP contribution in [0.15, 0.2) is 53.3 Å². The van der Waals surface area contributed by atoms with Gasteiger partial charge in [0.25, 0.3) is 5.56 Å². The first kappa shape index (κ1) is 15.7. The highest BCUT2D eigenvalue weighted by atomic mass is 19.1. The fourth-order valence-electron chi connectivity index (χ4n) is 2.66. The zero-order chi connectivity index (χ0) is 17.3. The van der Waals surface area contributed by atoms with E-state index in [4.69, 9.17) is 4.74 Å². The minimum absolute atomic E-state index is 0.0651. The van der Waals surface area contributed by atoms with Crippen LogP contribution in [0.5, 0.6) is 5.75 Å². The standard InChI is InChI=1S/C18H14FNO4/c1-24-15-9-13(18(22)23)8-12-5-6-16(21)20(17(12)15)10-11-3-2-4-14(19)7-11/h2-9H,10H2,1H3,(H,22,23). The fourth-order valence-corrected chi connectivity index (χ4v) is 2.66. The summed E-state index contributed by atoms with van der Waals surface area (Å²) >= 11 is 0. The molecule has 1 heterocycles. The molecule has 24 heavy (non-hydrogen) atoms. The van der Waals surface area contributed by atoms with E-state index < -0.39 is 5.97 Å². The summed E-state index contributed by atoms with van der Waals surface area (Å²) in [4.78, 5) is 23.5. The van der Waals surface area contributed by atoms with E-state index in [2.05, 4.69) is 0 Å². The molecule has 1 aromatic heterocycles. The van der Waals surface area contributed by atoms with Gasteiger partial charge in [0.15, 0.2) is 0 Å². The second-order valence-electron chi connectivity index (χ2n) is 5.31. The number of halogens is 1. The molecule has 0 saturated carbocycles. The smallest absolute Gasteiger partial charge is 0.335 e. The molecule has 0 radical (unpaired) electrons. The van der Waals surface area contributed by atoms with Crippen molar-refractivity contribution in [3.8, 4) is 5.75 Å². The van der Waals surface area contributed by atoms with Crippen LogP contribution in [-0.4, -0.2) is 22.8 Å². The maximum absolute atomic E-state index is 13.4. The van der Waals surface area contributed by atoms with Gasteiger partial charge < -0.3 is 14.4 Å². The van der Waals surface area contributed by atoms with Crippen LogP contribution in [-0.2, 0) is 6.54 Å². The summed E-state index contributed by atoms with van der Waals surface area (Å²) in [6, 6.07) is 11.7. The molecule has 0 spiro atoms. The molecule has 0 amide bonds. The van der Waals surface area contributed by atoms with Gasteiger partial charge in [-0.15, -0.1) is 0 Å². The van der Waals surface area contributed by atoms with Gasteiger partial charge in [0.2, 0.25) is 0 Å². The third kappa shape index (κ3) is 2.86. The highest BCUT2D eigenvalue weighted by molar-refractivity contribution is 5.96. The number of ether oxygens (including phenoxy) is 1. The lowest BCUT2D eigenvalue weighted by atomic mass is 10.1. The number of fused-ring (bicyclic) bond motifs is 1. The Labute approximate surface area is 136 Å². The summed E-state index contributed by atoms with van der Waals surface area (Å²) < 4.78 is 20.1. The number of carboxylic acid groups (broad SMARTS) is 1. The number of hydrogen-bond acceptors (Lipinski definition) is 3. The summed E-state index contributed by atoms with van der Waals surface area (Å²) in [6.07, 6.45) is 0. The quantitative estimate of drug-likeness (QED) is 0.800. The normalized spacial score (nSPS) is 10.8. The van der Waals surface area contributed by atoms with Gasteiger partial charge in [-0.3, -0.25) is 4.79 Å². The third-order valence-corrected chi connectivity index (χ3v) is 3.74. The van der Waals surface area contributed by atoms with Crippen molar-refractivity contribution in [3.05, 3.63) is 75.8 Å². The van der Waals surface area contributed by atoms with Gasteiger partial charge in [-0.1, -0.05) is 12.1 Å². The molecule has 2 aromatic carbocycles. The first-order valence-corrected chi connectivity index (χ1v) is 7.19. The topological polar surface area (TPSA) is 68.5 Å². The Morgan fingerprint density at radius 2 is 2.00 bits per heavy atom. The number of pyridine rings is 1. The summed E-state index contributed by atoms with van der Waals surface area (Å²) in [5, 5.41) is 9.75. The minimum atomic E-state index is -1.09. The van der Waals surface area contributed by atoms with E-state index in [0.29, 0.717) is 16.5 Å². The molecule has 1 N–H and O–H groups in total. The molecule has 3 rings (SSSR count). The van der Waals surface area contributed by atoms with Crippen molar-refractivity contribution in [2.24, 2.45) is 0 Å². The lowest BCUT2D eigenvalue weighted by Crippen LogP contribution is -2.20. The Bertz CT molecular complexity index is 994. The Morgan fingerprint density at radius 3 is 2.67 bits per heavy atom. The molecule has 0 unspecified atom stereocenters. The molecule has 0 aliphatic carbocycles. The zero-order valence-corrected chi connectivity index (χ0v) is 12.8. The Balaban J connectivity index is 2.25. The molecular formula is C18H14FNO4. The monoisotopic (exact) mass is 327 g/mol. The van der Waals surface area contributed by atoms with E-state index >= 15 is 0 Å². The van der Waals surface area contributed by atoms with Crippen molar-refractivity contribution < 1.29 is 19.0 Å². The lowest BCUT2D eigenvalue weighted by Gasteiger charge is -2.14. The molecule has 122 valence electrons. The number of aromatic nitrogens is 1. The number of carboxylic acids is 1. The summed E-state index contributed by atoms with van der Waals surface area (Å²) in [5.41, 5.74) is 0.872. The van der Waals surface area contributed by atoms with Crippen LogP contribution in [0.25, 0.3) is 10.9 Å². The Hall–Kier alpha value is -3.15. The highest BCUT2D eigenvalue weighted by Crippen LogP contribution is 2.27. The number of carbonyl (C=O) groups is 1. The lowest BCUT2D eigenvalue weighted by molar-refractivity contribution is 0.0696. The molecule has 0 aliphatic rings. The first-order valence-electron chi connectivity index (χ1n) is 7.19. The van der Waals surface area contributed by atoms with Crippen molar-refractivity contribution in [2.75, 3.05) is 7.11 Å². The number of nitrogens with zero attached hydrogens (tertiary/aromatic N) is 1. The van der Waals surface area contributed by atoms with Crippen LogP contribution in [0.1, 0.15) is 15.9 Å². The van der Waals surface area contributed by atoms with Crippen LogP contribution >= 0.6 is 0 Å². The molecule has 3 aromatic rings. The van der Waals surface area contributed by atoms with Crippen LogP contribution < -0.4 is 10.3 Å². The van der Waals surface area contributed by atoms with Gasteiger partial charge in [0.1, 0.15) is 11.6 Å². The predicted octanol–water partition coefficient (Wildman–Crippen LogP) is 2.90. The summed E-state index contributed by atoms with van der Waals surface area (Å²) in [5.74, 6) is -1.20. The number of methoxy groups -OCH3 is 1. The van der Waals surface area contributed by atoms with Crippen LogP contribution in [0.3, 0.4) is 0 Å². The van der Waals surface area contributed by atoms with Crippen LogP contribution in [0.2, 0.25) is 0 Å². The van der Waals surface area contributed by atoms with Crippen molar-refractivity contribution in [1.29, 1.82) is 0 Å². The van der Waals surface area contributed by atoms with Crippen molar-refractivity contribution in [2.45, 2.75) is 6.54 Å². The molecule has 0 saturated heterocycles. The van der Waals surface area contributed by atoms with E-state index in [0.717, 1.165) is 0 Å². The molecular weight excluding hydrogens is 313 g/mol. The van der Waals surface area contributed by atoms with E-state index in [1.165, 1.54) is 42.0 Å². The maximum Gasteiger partial charge on any atom is 0.335 e. The third-order valence-electron chi connectivity index (χ3n) is 3.74. The molecule has 0 aliphatic heterocycles. The molecule has 5 nitrogen and oxygen atoms in total. The van der Waals surface area contributed by atoms with Crippen molar-refractivity contribution >= 4 is 16.9 Å². The highest BCUT2D eigenvalue weighted by Gasteiger charge is 2.14. The summed E-state index contributed by atoms with van der Waals surface area (Å²) in [6.45, 7) is 0.150. The SMILES string of the molecule is COc1cc(C(=O)O)cc2ccc(=O)n(Cc3cccc(F)c3)c12. The van der Waals surface area contributed by atoms with E-state index in [1.807, 2.05) is 0 Å². The molecule has 6 heteroatoms. The number of aromatic carboxylic acids is 1. The van der Waals surface area contributed by atoms with E-state index in [9.17, 15) is 19.1 Å². The fraction of sp³-hybridized carbons (Fsp3) is 0.111. The Kier molecular flexibility index (Phi) is 4.04. The van der Waals surface area contributed by atoms with Gasteiger partial charge in [0, 0.05) is 11.5 Å².